The minimum atomic E-state index is -5.07. The first-order valence-corrected chi connectivity index (χ1v) is 11.3. The average molecular weight is 577 g/mol. The molecule has 1 heterocycles. The van der Waals surface area contributed by atoms with Crippen molar-refractivity contribution in [2.75, 3.05) is 13.7 Å². The monoisotopic (exact) mass is 576 g/mol. The smallest absolute Gasteiger partial charge is 0.453 e. The van der Waals surface area contributed by atoms with Crippen LogP contribution in [0, 0.1) is 0 Å². The minimum absolute atomic E-state index is 0.0290. The molecule has 0 atom stereocenters. The van der Waals surface area contributed by atoms with Crippen molar-refractivity contribution >= 4 is 38.7 Å². The van der Waals surface area contributed by atoms with E-state index >= 15 is 0 Å². The van der Waals surface area contributed by atoms with E-state index in [1.54, 1.807) is 24.3 Å². The first-order chi connectivity index (χ1) is 17.6. The number of ketones is 1. The predicted molar refractivity (Wildman–Crippen MR) is 129 cm³/mol. The molecule has 0 radical (unpaired) electrons. The van der Waals surface area contributed by atoms with Crippen molar-refractivity contribution in [3.8, 4) is 17.2 Å². The molecule has 0 saturated heterocycles. The van der Waals surface area contributed by atoms with Gasteiger partial charge >= 0.3 is 12.1 Å². The number of alkyl halides is 3. The fourth-order valence-corrected chi connectivity index (χ4v) is 3.55. The fourth-order valence-electron chi connectivity index (χ4n) is 3.29. The van der Waals surface area contributed by atoms with Crippen molar-refractivity contribution in [1.82, 2.24) is 0 Å². The summed E-state index contributed by atoms with van der Waals surface area (Å²) in [7, 11) is 1.18. The van der Waals surface area contributed by atoms with Gasteiger partial charge in [0.05, 0.1) is 18.1 Å². The third-order valence-corrected chi connectivity index (χ3v) is 5.64. The summed E-state index contributed by atoms with van der Waals surface area (Å²) in [4.78, 5) is 36.8. The Bertz CT molecular complexity index is 1530. The van der Waals surface area contributed by atoms with E-state index in [1.807, 2.05) is 0 Å². The lowest BCUT2D eigenvalue weighted by Crippen LogP contribution is -2.16. The molecule has 0 aliphatic rings. The van der Waals surface area contributed by atoms with E-state index in [4.69, 9.17) is 13.9 Å². The lowest BCUT2D eigenvalue weighted by molar-refractivity contribution is -0.154. The fraction of sp³-hybridized carbons (Fsp3) is 0.115. The van der Waals surface area contributed by atoms with Gasteiger partial charge in [-0.1, -0.05) is 28.1 Å². The van der Waals surface area contributed by atoms with Crippen LogP contribution in [0.5, 0.6) is 17.2 Å². The van der Waals surface area contributed by atoms with Crippen LogP contribution in [0.4, 0.5) is 13.2 Å². The van der Waals surface area contributed by atoms with Crippen LogP contribution in [0.2, 0.25) is 0 Å². The van der Waals surface area contributed by atoms with Gasteiger partial charge in [0.15, 0.2) is 12.4 Å². The molecule has 0 unspecified atom stereocenters. The number of halogens is 4. The topological polar surface area (TPSA) is 92.0 Å². The van der Waals surface area contributed by atoms with Crippen LogP contribution in [0.1, 0.15) is 26.5 Å². The van der Waals surface area contributed by atoms with Gasteiger partial charge in [0.25, 0.3) is 5.76 Å². The molecule has 4 aromatic rings. The molecule has 0 fully saturated rings. The average Bonchev–Trinajstić information content (AvgIpc) is 2.88. The summed E-state index contributed by atoms with van der Waals surface area (Å²) in [6, 6.07) is 15.2. The van der Waals surface area contributed by atoms with Crippen molar-refractivity contribution < 1.29 is 41.4 Å². The Labute approximate surface area is 215 Å². The Kier molecular flexibility index (Phi) is 7.35. The number of ether oxygens (including phenoxy) is 3. The maximum Gasteiger partial charge on any atom is 0.453 e. The number of benzene rings is 3. The number of Topliss-reactive ketones (excluding diaryl/α,β-unsaturated/α-hetero) is 1. The van der Waals surface area contributed by atoms with Crippen LogP contribution in [0.25, 0.3) is 11.0 Å². The molecule has 190 valence electrons. The van der Waals surface area contributed by atoms with Crippen molar-refractivity contribution in [3.63, 3.8) is 0 Å². The zero-order chi connectivity index (χ0) is 26.7. The van der Waals surface area contributed by atoms with Gasteiger partial charge < -0.3 is 18.6 Å². The van der Waals surface area contributed by atoms with Crippen molar-refractivity contribution in [2.24, 2.45) is 0 Å². The molecule has 37 heavy (non-hydrogen) atoms. The van der Waals surface area contributed by atoms with Crippen molar-refractivity contribution in [1.29, 1.82) is 0 Å². The normalized spacial score (nSPS) is 11.3. The molecule has 0 bridgehead atoms. The largest absolute Gasteiger partial charge is 0.485 e. The lowest BCUT2D eigenvalue weighted by Gasteiger charge is -2.14. The number of carbonyl (C=O) groups is 2. The van der Waals surface area contributed by atoms with Crippen molar-refractivity contribution in [2.45, 2.75) is 6.18 Å². The summed E-state index contributed by atoms with van der Waals surface area (Å²) in [6.45, 7) is -0.383. The highest BCUT2D eigenvalue weighted by Gasteiger charge is 2.40. The van der Waals surface area contributed by atoms with E-state index in [0.717, 1.165) is 10.5 Å². The van der Waals surface area contributed by atoms with Gasteiger partial charge in [-0.05, 0) is 48.5 Å². The standard InChI is InChI=1S/C26H16BrF3O7/c1-34-25(33)15-4-8-17(9-5-15)36-23-22(32)19-11-10-18(12-21(19)37-24(23)26(28,29)30)35-13-20(31)14-2-6-16(27)7-3-14/h2-12H,13H2,1H3. The molecular formula is C26H16BrF3O7. The molecule has 0 aliphatic carbocycles. The quantitative estimate of drug-likeness (QED) is 0.185. The molecule has 11 heteroatoms. The second-order valence-electron chi connectivity index (χ2n) is 7.58. The summed E-state index contributed by atoms with van der Waals surface area (Å²) in [5, 5.41) is -0.194. The van der Waals surface area contributed by atoms with E-state index in [9.17, 15) is 27.6 Å². The van der Waals surface area contributed by atoms with Crippen molar-refractivity contribution in [3.05, 3.63) is 98.3 Å². The van der Waals surface area contributed by atoms with Gasteiger partial charge in [0, 0.05) is 16.1 Å². The molecule has 0 saturated carbocycles. The third kappa shape index (κ3) is 5.83. The van der Waals surface area contributed by atoms with Crippen LogP contribution in [-0.2, 0) is 10.9 Å². The number of esters is 1. The number of hydrogen-bond donors (Lipinski definition) is 0. The summed E-state index contributed by atoms with van der Waals surface area (Å²) in [5.74, 6) is -3.82. The van der Waals surface area contributed by atoms with Gasteiger partial charge in [-0.25, -0.2) is 4.79 Å². The van der Waals surface area contributed by atoms with E-state index < -0.39 is 34.7 Å². The van der Waals surface area contributed by atoms with E-state index in [0.29, 0.717) is 5.56 Å². The van der Waals surface area contributed by atoms with E-state index in [-0.39, 0.29) is 34.8 Å². The summed E-state index contributed by atoms with van der Waals surface area (Å²) in [5.41, 5.74) is -0.943. The maximum absolute atomic E-state index is 13.8. The highest BCUT2D eigenvalue weighted by Crippen LogP contribution is 2.38. The predicted octanol–water partition coefficient (Wildman–Crippen LogP) is 6.41. The number of fused-ring (bicyclic) bond motifs is 1. The first kappa shape index (κ1) is 26.0. The highest BCUT2D eigenvalue weighted by molar-refractivity contribution is 9.10. The van der Waals surface area contributed by atoms with Crippen LogP contribution >= 0.6 is 15.9 Å². The van der Waals surface area contributed by atoms with Crippen LogP contribution in [0.15, 0.2) is 80.4 Å². The Morgan fingerprint density at radius 3 is 2.16 bits per heavy atom. The van der Waals surface area contributed by atoms with Gasteiger partial charge in [-0.3, -0.25) is 9.59 Å². The van der Waals surface area contributed by atoms with Crippen LogP contribution in [0.3, 0.4) is 0 Å². The Hall–Kier alpha value is -4.12. The molecular weight excluding hydrogens is 561 g/mol. The summed E-state index contributed by atoms with van der Waals surface area (Å²) < 4.78 is 62.4. The molecule has 4 rings (SSSR count). The zero-order valence-corrected chi connectivity index (χ0v) is 20.5. The first-order valence-electron chi connectivity index (χ1n) is 10.5. The highest BCUT2D eigenvalue weighted by atomic mass is 79.9. The number of methoxy groups -OCH3 is 1. The number of rotatable bonds is 7. The van der Waals surface area contributed by atoms with Crippen LogP contribution < -0.4 is 14.9 Å². The van der Waals surface area contributed by atoms with Gasteiger partial charge in [-0.15, -0.1) is 0 Å². The molecule has 0 aliphatic heterocycles. The maximum atomic E-state index is 13.8. The van der Waals surface area contributed by atoms with E-state index in [1.165, 1.54) is 43.5 Å². The molecule has 7 nitrogen and oxygen atoms in total. The second-order valence-corrected chi connectivity index (χ2v) is 8.50. The summed E-state index contributed by atoms with van der Waals surface area (Å²) in [6.07, 6.45) is -5.07. The third-order valence-electron chi connectivity index (χ3n) is 5.11. The van der Waals surface area contributed by atoms with Gasteiger partial charge in [0.2, 0.25) is 11.2 Å². The number of hydrogen-bond acceptors (Lipinski definition) is 7. The minimum Gasteiger partial charge on any atom is -0.485 e. The molecule has 0 amide bonds. The van der Waals surface area contributed by atoms with Crippen LogP contribution in [-0.4, -0.2) is 25.5 Å². The van der Waals surface area contributed by atoms with E-state index in [2.05, 4.69) is 20.7 Å². The Morgan fingerprint density at radius 1 is 0.919 bits per heavy atom. The number of carbonyl (C=O) groups excluding carboxylic acids is 2. The zero-order valence-electron chi connectivity index (χ0n) is 18.9. The molecule has 0 N–H and O–H groups in total. The SMILES string of the molecule is COC(=O)c1ccc(Oc2c(C(F)(F)F)oc3cc(OCC(=O)c4ccc(Br)cc4)ccc3c2=O)cc1. The summed E-state index contributed by atoms with van der Waals surface area (Å²) >= 11 is 3.27. The molecule has 3 aromatic carbocycles. The Balaban J connectivity index is 1.64. The van der Waals surface area contributed by atoms with Gasteiger partial charge in [-0.2, -0.15) is 13.2 Å². The Morgan fingerprint density at radius 2 is 1.54 bits per heavy atom. The molecule has 1 aromatic heterocycles. The second kappa shape index (κ2) is 10.5. The van der Waals surface area contributed by atoms with Gasteiger partial charge in [0.1, 0.15) is 17.1 Å². The lowest BCUT2D eigenvalue weighted by atomic mass is 10.1. The molecule has 0 spiro atoms.